The number of rotatable bonds is 5. The molecule has 0 fully saturated rings. The summed E-state index contributed by atoms with van der Waals surface area (Å²) < 4.78 is 5.00. The summed E-state index contributed by atoms with van der Waals surface area (Å²) in [4.78, 5) is 13.2. The molecule has 0 saturated carbocycles. The number of nitrogens with two attached hydrogens (primary N) is 1. The molecule has 6 nitrogen and oxygen atoms in total. The van der Waals surface area contributed by atoms with Gasteiger partial charge in [0.25, 0.3) is 5.91 Å². The van der Waals surface area contributed by atoms with Crippen LogP contribution in [0.5, 0.6) is 0 Å². The second kappa shape index (κ2) is 5.47. The van der Waals surface area contributed by atoms with Crippen molar-refractivity contribution in [1.29, 1.82) is 0 Å². The number of nitrogen functional groups attached to an aromatic ring is 1. The summed E-state index contributed by atoms with van der Waals surface area (Å²) >= 11 is 0. The number of nitrogens with one attached hydrogen (secondary N) is 1. The highest BCUT2D eigenvalue weighted by Gasteiger charge is 2.11. The van der Waals surface area contributed by atoms with Gasteiger partial charge in [-0.1, -0.05) is 12.1 Å². The summed E-state index contributed by atoms with van der Waals surface area (Å²) in [5, 5.41) is 3.61. The van der Waals surface area contributed by atoms with Crippen molar-refractivity contribution in [2.24, 2.45) is 5.84 Å². The van der Waals surface area contributed by atoms with Crippen LogP contribution in [0, 0.1) is 0 Å². The van der Waals surface area contributed by atoms with E-state index in [9.17, 15) is 4.79 Å². The fourth-order valence-electron chi connectivity index (χ4n) is 1.30. The molecule has 84 valence electrons. The van der Waals surface area contributed by atoms with Crippen LogP contribution in [-0.2, 0) is 6.54 Å². The number of nitrogens with zero attached hydrogens (tertiary/aromatic N) is 2. The van der Waals surface area contributed by atoms with Crippen molar-refractivity contribution in [3.63, 3.8) is 0 Å². The molecule has 0 spiro atoms. The van der Waals surface area contributed by atoms with E-state index in [1.54, 1.807) is 6.07 Å². The summed E-state index contributed by atoms with van der Waals surface area (Å²) in [5.74, 6) is 5.19. The predicted octanol–water partition coefficient (Wildman–Crippen LogP) is 0.120. The van der Waals surface area contributed by atoms with E-state index in [2.05, 4.69) is 17.0 Å². The van der Waals surface area contributed by atoms with Gasteiger partial charge in [0.15, 0.2) is 11.5 Å². The number of aromatic nitrogens is 1. The standard InChI is InChI=1S/C9H16N4O2/c1-3-4-13(2)6-7-5-8(12-15-7)9(14)11-10/h5H,3-4,6,10H2,1-2H3,(H,11,14). The number of hydrogen-bond donors (Lipinski definition) is 2. The Morgan fingerprint density at radius 1 is 1.73 bits per heavy atom. The lowest BCUT2D eigenvalue weighted by Crippen LogP contribution is -2.30. The smallest absolute Gasteiger partial charge is 0.287 e. The highest BCUT2D eigenvalue weighted by molar-refractivity contribution is 5.91. The highest BCUT2D eigenvalue weighted by Crippen LogP contribution is 2.06. The quantitative estimate of drug-likeness (QED) is 0.411. The molecule has 1 amide bonds. The normalized spacial score (nSPS) is 10.7. The van der Waals surface area contributed by atoms with E-state index in [1.165, 1.54) is 0 Å². The average molecular weight is 212 g/mol. The number of carbonyl (C=O) groups is 1. The van der Waals surface area contributed by atoms with Gasteiger partial charge in [0.05, 0.1) is 6.54 Å². The molecule has 0 aromatic carbocycles. The Hall–Kier alpha value is -1.40. The summed E-state index contributed by atoms with van der Waals surface area (Å²) in [6.45, 7) is 3.71. The minimum absolute atomic E-state index is 0.206. The fourth-order valence-corrected chi connectivity index (χ4v) is 1.30. The van der Waals surface area contributed by atoms with Gasteiger partial charge in [-0.25, -0.2) is 5.84 Å². The first-order valence-corrected chi connectivity index (χ1v) is 4.82. The van der Waals surface area contributed by atoms with Gasteiger partial charge in [0, 0.05) is 6.07 Å². The topological polar surface area (TPSA) is 84.4 Å². The van der Waals surface area contributed by atoms with Gasteiger partial charge >= 0.3 is 0 Å². The van der Waals surface area contributed by atoms with Gasteiger partial charge in [0.1, 0.15) is 0 Å². The van der Waals surface area contributed by atoms with Gasteiger partial charge in [-0.2, -0.15) is 0 Å². The number of amides is 1. The Balaban J connectivity index is 2.56. The van der Waals surface area contributed by atoms with Gasteiger partial charge in [-0.15, -0.1) is 0 Å². The molecule has 1 aromatic rings. The molecule has 3 N–H and O–H groups in total. The second-order valence-electron chi connectivity index (χ2n) is 3.39. The van der Waals surface area contributed by atoms with E-state index < -0.39 is 5.91 Å². The third kappa shape index (κ3) is 3.34. The summed E-state index contributed by atoms with van der Waals surface area (Å²) in [6.07, 6.45) is 1.07. The van der Waals surface area contributed by atoms with Crippen molar-refractivity contribution in [1.82, 2.24) is 15.5 Å². The van der Waals surface area contributed by atoms with Gasteiger partial charge in [0.2, 0.25) is 0 Å². The molecule has 0 atom stereocenters. The van der Waals surface area contributed by atoms with Crippen molar-refractivity contribution in [3.8, 4) is 0 Å². The monoisotopic (exact) mass is 212 g/mol. The predicted molar refractivity (Wildman–Crippen MR) is 54.8 cm³/mol. The SMILES string of the molecule is CCCN(C)Cc1cc(C(=O)NN)no1. The lowest BCUT2D eigenvalue weighted by Gasteiger charge is -2.12. The maximum atomic E-state index is 11.1. The largest absolute Gasteiger partial charge is 0.359 e. The molecule has 15 heavy (non-hydrogen) atoms. The molecule has 1 rings (SSSR count). The van der Waals surface area contributed by atoms with Crippen LogP contribution in [-0.4, -0.2) is 29.6 Å². The van der Waals surface area contributed by atoms with E-state index in [0.717, 1.165) is 13.0 Å². The van der Waals surface area contributed by atoms with Crippen LogP contribution < -0.4 is 11.3 Å². The molecule has 0 bridgehead atoms. The third-order valence-corrected chi connectivity index (χ3v) is 1.95. The Kier molecular flexibility index (Phi) is 4.26. The molecular formula is C9H16N4O2. The molecule has 0 aliphatic heterocycles. The molecular weight excluding hydrogens is 196 g/mol. The highest BCUT2D eigenvalue weighted by atomic mass is 16.5. The third-order valence-electron chi connectivity index (χ3n) is 1.95. The lowest BCUT2D eigenvalue weighted by molar-refractivity contribution is 0.0944. The number of carbonyl (C=O) groups excluding carboxylic acids is 1. The zero-order valence-electron chi connectivity index (χ0n) is 8.99. The Bertz CT molecular complexity index is 324. The Morgan fingerprint density at radius 2 is 2.47 bits per heavy atom. The van der Waals surface area contributed by atoms with Gasteiger partial charge < -0.3 is 4.52 Å². The zero-order chi connectivity index (χ0) is 11.3. The molecule has 1 heterocycles. The first-order valence-electron chi connectivity index (χ1n) is 4.82. The first kappa shape index (κ1) is 11.7. The van der Waals surface area contributed by atoms with Crippen molar-refractivity contribution in [2.75, 3.05) is 13.6 Å². The van der Waals surface area contributed by atoms with Crippen LogP contribution in [0.15, 0.2) is 10.6 Å². The van der Waals surface area contributed by atoms with E-state index in [1.807, 2.05) is 12.5 Å². The minimum Gasteiger partial charge on any atom is -0.359 e. The van der Waals surface area contributed by atoms with Crippen LogP contribution in [0.3, 0.4) is 0 Å². The van der Waals surface area contributed by atoms with Crippen molar-refractivity contribution in [3.05, 3.63) is 17.5 Å². The van der Waals surface area contributed by atoms with Crippen molar-refractivity contribution >= 4 is 5.91 Å². The van der Waals surface area contributed by atoms with E-state index in [-0.39, 0.29) is 5.69 Å². The van der Waals surface area contributed by atoms with Crippen LogP contribution in [0.4, 0.5) is 0 Å². The second-order valence-corrected chi connectivity index (χ2v) is 3.39. The number of hydrogen-bond acceptors (Lipinski definition) is 5. The average Bonchev–Trinajstić information content (AvgIpc) is 2.65. The zero-order valence-corrected chi connectivity index (χ0v) is 8.99. The Morgan fingerprint density at radius 3 is 3.07 bits per heavy atom. The summed E-state index contributed by atoms with van der Waals surface area (Å²) in [5.41, 5.74) is 2.20. The first-order chi connectivity index (χ1) is 7.17. The summed E-state index contributed by atoms with van der Waals surface area (Å²) in [6, 6.07) is 1.59. The van der Waals surface area contributed by atoms with Gasteiger partial charge in [-0.3, -0.25) is 15.1 Å². The van der Waals surface area contributed by atoms with E-state index >= 15 is 0 Å². The Labute approximate surface area is 88.4 Å². The van der Waals surface area contributed by atoms with Crippen LogP contribution in [0.2, 0.25) is 0 Å². The van der Waals surface area contributed by atoms with Crippen molar-refractivity contribution < 1.29 is 9.32 Å². The van der Waals surface area contributed by atoms with Crippen LogP contribution >= 0.6 is 0 Å². The van der Waals surface area contributed by atoms with Crippen LogP contribution in [0.1, 0.15) is 29.6 Å². The minimum atomic E-state index is -0.442. The molecule has 0 unspecified atom stereocenters. The van der Waals surface area contributed by atoms with Crippen LogP contribution in [0.25, 0.3) is 0 Å². The molecule has 0 aliphatic rings. The van der Waals surface area contributed by atoms with E-state index in [4.69, 9.17) is 10.4 Å². The maximum Gasteiger partial charge on any atom is 0.287 e. The van der Waals surface area contributed by atoms with E-state index in [0.29, 0.717) is 12.3 Å². The van der Waals surface area contributed by atoms with Crippen molar-refractivity contribution in [2.45, 2.75) is 19.9 Å². The molecule has 6 heteroatoms. The molecule has 1 aromatic heterocycles. The fraction of sp³-hybridized carbons (Fsp3) is 0.556. The molecule has 0 radical (unpaired) electrons. The summed E-state index contributed by atoms with van der Waals surface area (Å²) in [7, 11) is 1.98. The van der Waals surface area contributed by atoms with Gasteiger partial charge in [-0.05, 0) is 20.0 Å². The lowest BCUT2D eigenvalue weighted by atomic mass is 10.3. The molecule has 0 saturated heterocycles. The maximum absolute atomic E-state index is 11.1. The number of hydrazine groups is 1. The molecule has 0 aliphatic carbocycles.